The topological polar surface area (TPSA) is 55.0 Å². The van der Waals surface area contributed by atoms with E-state index in [1.54, 1.807) is 41.0 Å². The van der Waals surface area contributed by atoms with Crippen molar-refractivity contribution in [3.8, 4) is 17.2 Å². The van der Waals surface area contributed by atoms with Gasteiger partial charge in [-0.25, -0.2) is 4.39 Å². The van der Waals surface area contributed by atoms with Crippen molar-refractivity contribution in [1.82, 2.24) is 4.57 Å². The van der Waals surface area contributed by atoms with Crippen LogP contribution in [0.2, 0.25) is 5.02 Å². The lowest BCUT2D eigenvalue weighted by Gasteiger charge is -2.07. The molecule has 3 aromatic rings. The minimum Gasteiger partial charge on any atom is -0.464 e. The third kappa shape index (κ3) is 3.21. The van der Waals surface area contributed by atoms with Crippen molar-refractivity contribution in [2.24, 2.45) is 0 Å². The van der Waals surface area contributed by atoms with Crippen LogP contribution in [-0.2, 0) is 16.1 Å². The highest BCUT2D eigenvalue weighted by Gasteiger charge is 2.21. The van der Waals surface area contributed by atoms with Crippen LogP contribution in [0.3, 0.4) is 0 Å². The first kappa shape index (κ1) is 17.0. The summed E-state index contributed by atoms with van der Waals surface area (Å²) < 4.78 is 21.1. The number of hydrogen-bond acceptors (Lipinski definition) is 3. The monoisotopic (exact) mass is 356 g/mol. The minimum atomic E-state index is -0.419. The van der Waals surface area contributed by atoms with Gasteiger partial charge >= 0.3 is 5.97 Å². The smallest absolute Gasteiger partial charge is 0.302 e. The third-order valence-corrected chi connectivity index (χ3v) is 4.13. The number of benzene rings is 2. The van der Waals surface area contributed by atoms with E-state index in [-0.39, 0.29) is 13.2 Å². The van der Waals surface area contributed by atoms with Gasteiger partial charge in [0.2, 0.25) is 0 Å². The standard InChI is InChI=1S/C19H14ClFN2O2/c1-12(24)25-9-8-23-17-7-6-13(20)10-15(17)19(18(23)11-22)14-4-2-3-5-16(14)21/h2-7,10H,8-9H2,1H3. The maximum atomic E-state index is 14.4. The van der Waals surface area contributed by atoms with Gasteiger partial charge in [-0.05, 0) is 24.3 Å². The van der Waals surface area contributed by atoms with Gasteiger partial charge in [0.15, 0.2) is 0 Å². The van der Waals surface area contributed by atoms with Gasteiger partial charge in [0.1, 0.15) is 24.2 Å². The molecule has 0 N–H and O–H groups in total. The van der Waals surface area contributed by atoms with Gasteiger partial charge in [-0.15, -0.1) is 0 Å². The van der Waals surface area contributed by atoms with Crippen LogP contribution < -0.4 is 0 Å². The Morgan fingerprint density at radius 2 is 2.08 bits per heavy atom. The summed E-state index contributed by atoms with van der Waals surface area (Å²) in [5, 5.41) is 10.9. The van der Waals surface area contributed by atoms with Crippen LogP contribution in [-0.4, -0.2) is 17.1 Å². The summed E-state index contributed by atoms with van der Waals surface area (Å²) in [5.74, 6) is -0.814. The third-order valence-electron chi connectivity index (χ3n) is 3.89. The normalized spacial score (nSPS) is 10.6. The zero-order valence-corrected chi connectivity index (χ0v) is 14.2. The van der Waals surface area contributed by atoms with Crippen LogP contribution in [0, 0.1) is 17.1 Å². The predicted octanol–water partition coefficient (Wildman–Crippen LogP) is 4.54. The average Bonchev–Trinajstić information content (AvgIpc) is 2.88. The molecule has 0 aliphatic heterocycles. The SMILES string of the molecule is CC(=O)OCCn1c(C#N)c(-c2ccccc2F)c2cc(Cl)ccc21. The molecule has 25 heavy (non-hydrogen) atoms. The molecular formula is C19H14ClFN2O2. The van der Waals surface area contributed by atoms with Crippen molar-refractivity contribution in [2.75, 3.05) is 6.61 Å². The number of carbonyl (C=O) groups excluding carboxylic acids is 1. The molecule has 3 rings (SSSR count). The maximum Gasteiger partial charge on any atom is 0.302 e. The first-order chi connectivity index (χ1) is 12.0. The minimum absolute atomic E-state index is 0.118. The maximum absolute atomic E-state index is 14.4. The Hall–Kier alpha value is -2.84. The van der Waals surface area contributed by atoms with Gasteiger partial charge in [-0.3, -0.25) is 4.79 Å². The summed E-state index contributed by atoms with van der Waals surface area (Å²) in [6.07, 6.45) is 0. The zero-order chi connectivity index (χ0) is 18.0. The lowest BCUT2D eigenvalue weighted by Crippen LogP contribution is -2.10. The quantitative estimate of drug-likeness (QED) is 0.645. The summed E-state index contributed by atoms with van der Waals surface area (Å²) in [4.78, 5) is 11.0. The summed E-state index contributed by atoms with van der Waals surface area (Å²) in [5.41, 5.74) is 1.85. The molecule has 0 saturated carbocycles. The van der Waals surface area contributed by atoms with Gasteiger partial charge in [0.05, 0.1) is 6.54 Å². The molecule has 4 nitrogen and oxygen atoms in total. The summed E-state index contributed by atoms with van der Waals surface area (Å²) >= 11 is 6.11. The summed E-state index contributed by atoms with van der Waals surface area (Å²) in [6.45, 7) is 1.73. The molecule has 6 heteroatoms. The van der Waals surface area contributed by atoms with Gasteiger partial charge < -0.3 is 9.30 Å². The molecule has 2 aromatic carbocycles. The molecule has 0 fully saturated rings. The number of hydrogen-bond donors (Lipinski definition) is 0. The molecule has 0 saturated heterocycles. The molecule has 1 heterocycles. The van der Waals surface area contributed by atoms with E-state index in [1.807, 2.05) is 0 Å². The molecule has 0 spiro atoms. The van der Waals surface area contributed by atoms with E-state index in [4.69, 9.17) is 16.3 Å². The fraction of sp³-hybridized carbons (Fsp3) is 0.158. The molecule has 0 radical (unpaired) electrons. The Bertz CT molecular complexity index is 1000. The Kier molecular flexibility index (Phi) is 4.73. The largest absolute Gasteiger partial charge is 0.464 e. The van der Waals surface area contributed by atoms with E-state index in [0.717, 1.165) is 5.52 Å². The number of fused-ring (bicyclic) bond motifs is 1. The van der Waals surface area contributed by atoms with Crippen LogP contribution in [0.25, 0.3) is 22.0 Å². The second kappa shape index (κ2) is 6.96. The van der Waals surface area contributed by atoms with E-state index in [2.05, 4.69) is 6.07 Å². The van der Waals surface area contributed by atoms with E-state index in [1.165, 1.54) is 13.0 Å². The fourth-order valence-corrected chi connectivity index (χ4v) is 3.06. The lowest BCUT2D eigenvalue weighted by atomic mass is 10.0. The van der Waals surface area contributed by atoms with E-state index >= 15 is 0 Å². The molecule has 0 aliphatic carbocycles. The van der Waals surface area contributed by atoms with E-state index in [0.29, 0.717) is 27.2 Å². The summed E-state index contributed by atoms with van der Waals surface area (Å²) in [7, 11) is 0. The summed E-state index contributed by atoms with van der Waals surface area (Å²) in [6, 6.07) is 13.6. The van der Waals surface area contributed by atoms with Crippen molar-refractivity contribution < 1.29 is 13.9 Å². The molecular weight excluding hydrogens is 343 g/mol. The van der Waals surface area contributed by atoms with Crippen molar-refractivity contribution in [3.63, 3.8) is 0 Å². The van der Waals surface area contributed by atoms with Crippen LogP contribution in [0.15, 0.2) is 42.5 Å². The van der Waals surface area contributed by atoms with Crippen LogP contribution in [0.1, 0.15) is 12.6 Å². The van der Waals surface area contributed by atoms with Gasteiger partial charge in [0, 0.05) is 34.0 Å². The van der Waals surface area contributed by atoms with Crippen molar-refractivity contribution in [2.45, 2.75) is 13.5 Å². The highest BCUT2D eigenvalue weighted by Crippen LogP contribution is 2.37. The van der Waals surface area contributed by atoms with Crippen molar-refractivity contribution >= 4 is 28.5 Å². The van der Waals surface area contributed by atoms with E-state index in [9.17, 15) is 14.4 Å². The number of aromatic nitrogens is 1. The molecule has 0 aliphatic rings. The molecule has 126 valence electrons. The Morgan fingerprint density at radius 1 is 1.32 bits per heavy atom. The fourth-order valence-electron chi connectivity index (χ4n) is 2.89. The van der Waals surface area contributed by atoms with E-state index < -0.39 is 11.8 Å². The predicted molar refractivity (Wildman–Crippen MR) is 93.7 cm³/mol. The Balaban J connectivity index is 2.25. The first-order valence-corrected chi connectivity index (χ1v) is 8.01. The molecule has 0 unspecified atom stereocenters. The van der Waals surface area contributed by atoms with Gasteiger partial charge in [-0.2, -0.15) is 5.26 Å². The van der Waals surface area contributed by atoms with Crippen LogP contribution in [0.4, 0.5) is 4.39 Å². The number of nitriles is 1. The second-order valence-corrected chi connectivity index (χ2v) is 5.90. The van der Waals surface area contributed by atoms with Crippen LogP contribution in [0.5, 0.6) is 0 Å². The Labute approximate surface area is 149 Å². The van der Waals surface area contributed by atoms with Crippen molar-refractivity contribution in [3.05, 3.63) is 59.0 Å². The molecule has 1 aromatic heterocycles. The second-order valence-electron chi connectivity index (χ2n) is 5.47. The first-order valence-electron chi connectivity index (χ1n) is 7.63. The van der Waals surface area contributed by atoms with Crippen LogP contribution >= 0.6 is 11.6 Å². The van der Waals surface area contributed by atoms with Gasteiger partial charge in [-0.1, -0.05) is 29.8 Å². The number of esters is 1. The number of rotatable bonds is 4. The number of halogens is 2. The molecule has 0 amide bonds. The lowest BCUT2D eigenvalue weighted by molar-refractivity contribution is -0.141. The highest BCUT2D eigenvalue weighted by atomic mass is 35.5. The number of carbonyl (C=O) groups is 1. The Morgan fingerprint density at radius 3 is 2.76 bits per heavy atom. The number of nitrogens with zero attached hydrogens (tertiary/aromatic N) is 2. The molecule has 0 bridgehead atoms. The highest BCUT2D eigenvalue weighted by molar-refractivity contribution is 6.31. The van der Waals surface area contributed by atoms with Crippen molar-refractivity contribution in [1.29, 1.82) is 5.26 Å². The van der Waals surface area contributed by atoms with Gasteiger partial charge in [0.25, 0.3) is 0 Å². The number of ether oxygens (including phenoxy) is 1. The zero-order valence-electron chi connectivity index (χ0n) is 13.4. The molecule has 0 atom stereocenters. The average molecular weight is 357 g/mol.